The van der Waals surface area contributed by atoms with Crippen molar-refractivity contribution in [3.8, 4) is 11.5 Å². The van der Waals surface area contributed by atoms with Gasteiger partial charge in [0.1, 0.15) is 6.61 Å². The number of ether oxygens (including phenoxy) is 2. The van der Waals surface area contributed by atoms with Crippen LogP contribution in [-0.2, 0) is 4.79 Å². The van der Waals surface area contributed by atoms with Crippen LogP contribution in [0.4, 0.5) is 0 Å². The Kier molecular flexibility index (Phi) is 3.16. The molecule has 0 radical (unpaired) electrons. The summed E-state index contributed by atoms with van der Waals surface area (Å²) in [5.41, 5.74) is 0.474. The number of benzene rings is 1. The molecule has 4 rings (SSSR count). The van der Waals surface area contributed by atoms with Gasteiger partial charge in [0.25, 0.3) is 5.91 Å². The molecule has 0 aromatic heterocycles. The Bertz CT molecular complexity index is 641. The molecule has 4 nitrogen and oxygen atoms in total. The van der Waals surface area contributed by atoms with Crippen LogP contribution in [0, 0.1) is 16.7 Å². The van der Waals surface area contributed by atoms with Gasteiger partial charge in [-0.25, -0.2) is 0 Å². The number of carbonyl (C=O) groups is 1. The van der Waals surface area contributed by atoms with E-state index < -0.39 is 6.10 Å². The molecule has 2 saturated carbocycles. The summed E-state index contributed by atoms with van der Waals surface area (Å²) in [7, 11) is 0. The van der Waals surface area contributed by atoms with Crippen LogP contribution >= 0.6 is 0 Å². The zero-order chi connectivity index (χ0) is 16.2. The van der Waals surface area contributed by atoms with E-state index in [1.807, 2.05) is 24.3 Å². The normalized spacial score (nSPS) is 36.7. The molecule has 2 aliphatic carbocycles. The Balaban J connectivity index is 1.46. The molecule has 1 N–H and O–H groups in total. The van der Waals surface area contributed by atoms with Crippen LogP contribution in [-0.4, -0.2) is 24.7 Å². The molecule has 4 atom stereocenters. The second-order valence-corrected chi connectivity index (χ2v) is 8.04. The topological polar surface area (TPSA) is 47.6 Å². The molecular formula is C19H25NO3. The van der Waals surface area contributed by atoms with Crippen LogP contribution in [0.2, 0.25) is 0 Å². The van der Waals surface area contributed by atoms with Crippen molar-refractivity contribution >= 4 is 5.91 Å². The number of hydrogen-bond acceptors (Lipinski definition) is 3. The molecule has 1 heterocycles. The van der Waals surface area contributed by atoms with Gasteiger partial charge in [-0.2, -0.15) is 0 Å². The Morgan fingerprint density at radius 3 is 2.61 bits per heavy atom. The van der Waals surface area contributed by atoms with Crippen LogP contribution in [0.1, 0.15) is 40.0 Å². The van der Waals surface area contributed by atoms with Crippen molar-refractivity contribution in [1.29, 1.82) is 0 Å². The summed E-state index contributed by atoms with van der Waals surface area (Å²) in [5, 5.41) is 3.26. The van der Waals surface area contributed by atoms with Gasteiger partial charge in [0.15, 0.2) is 11.5 Å². The van der Waals surface area contributed by atoms with Gasteiger partial charge in [-0.1, -0.05) is 32.9 Å². The number of carbonyl (C=O) groups excluding carboxylic acids is 1. The van der Waals surface area contributed by atoms with E-state index in [2.05, 4.69) is 26.1 Å². The fourth-order valence-electron chi connectivity index (χ4n) is 4.84. The van der Waals surface area contributed by atoms with E-state index in [-0.39, 0.29) is 24.0 Å². The van der Waals surface area contributed by atoms with Crippen LogP contribution < -0.4 is 14.8 Å². The van der Waals surface area contributed by atoms with Crippen LogP contribution in [0.15, 0.2) is 24.3 Å². The zero-order valence-corrected chi connectivity index (χ0v) is 14.1. The van der Waals surface area contributed by atoms with Crippen molar-refractivity contribution in [2.24, 2.45) is 16.7 Å². The van der Waals surface area contributed by atoms with Crippen molar-refractivity contribution < 1.29 is 14.3 Å². The largest absolute Gasteiger partial charge is 0.485 e. The lowest BCUT2D eigenvalue weighted by atomic mass is 9.69. The molecule has 4 heteroatoms. The first-order valence-corrected chi connectivity index (χ1v) is 8.61. The molecule has 0 spiro atoms. The molecule has 1 amide bonds. The van der Waals surface area contributed by atoms with E-state index in [1.165, 1.54) is 12.8 Å². The minimum absolute atomic E-state index is 0.0471. The van der Waals surface area contributed by atoms with Crippen LogP contribution in [0.5, 0.6) is 11.5 Å². The van der Waals surface area contributed by atoms with Gasteiger partial charge in [0.05, 0.1) is 0 Å². The number of hydrogen-bond donors (Lipinski definition) is 1. The smallest absolute Gasteiger partial charge is 0.264 e. The molecule has 2 fully saturated rings. The molecule has 1 aromatic rings. The van der Waals surface area contributed by atoms with Crippen LogP contribution in [0.3, 0.4) is 0 Å². The molecule has 3 aliphatic rings. The van der Waals surface area contributed by atoms with Crippen molar-refractivity contribution in [3.05, 3.63) is 24.3 Å². The third kappa shape index (κ3) is 2.07. The molecule has 0 unspecified atom stereocenters. The summed E-state index contributed by atoms with van der Waals surface area (Å²) < 4.78 is 11.5. The van der Waals surface area contributed by atoms with E-state index in [0.29, 0.717) is 22.8 Å². The number of nitrogens with one attached hydrogen (secondary N) is 1. The van der Waals surface area contributed by atoms with Crippen molar-refractivity contribution in [3.63, 3.8) is 0 Å². The first-order chi connectivity index (χ1) is 10.9. The Hall–Kier alpha value is -1.71. The quantitative estimate of drug-likeness (QED) is 0.912. The van der Waals surface area contributed by atoms with Gasteiger partial charge in [-0.05, 0) is 48.1 Å². The summed E-state index contributed by atoms with van der Waals surface area (Å²) in [5.74, 6) is 2.03. The summed E-state index contributed by atoms with van der Waals surface area (Å²) in [4.78, 5) is 12.7. The zero-order valence-electron chi connectivity index (χ0n) is 14.1. The minimum Gasteiger partial charge on any atom is -0.485 e. The number of rotatable bonds is 2. The molecule has 23 heavy (non-hydrogen) atoms. The van der Waals surface area contributed by atoms with Crippen molar-refractivity contribution in [2.45, 2.75) is 52.2 Å². The summed E-state index contributed by atoms with van der Waals surface area (Å²) in [6.45, 7) is 7.32. The third-order valence-electron chi connectivity index (χ3n) is 6.91. The SMILES string of the molecule is CC1(C)[C@H]2CC[C@]1(C)[C@@H](NC(=O)[C@@H]1COc3ccccc3O1)C2. The predicted octanol–water partition coefficient (Wildman–Crippen LogP) is 3.16. The highest BCUT2D eigenvalue weighted by Crippen LogP contribution is 2.65. The van der Waals surface area contributed by atoms with E-state index in [0.717, 1.165) is 6.42 Å². The Labute approximate surface area is 137 Å². The predicted molar refractivity (Wildman–Crippen MR) is 87.5 cm³/mol. The second kappa shape index (κ2) is 4.89. The maximum absolute atomic E-state index is 12.7. The number of para-hydroxylation sites is 2. The van der Waals surface area contributed by atoms with Gasteiger partial charge in [0.2, 0.25) is 6.10 Å². The standard InChI is InChI=1S/C19H25NO3/c1-18(2)12-8-9-19(18,3)16(10-12)20-17(21)15-11-22-13-6-4-5-7-14(13)23-15/h4-7,12,15-16H,8-11H2,1-3H3,(H,20,21)/t12-,15-,16-,19+/m0/s1. The highest BCUT2D eigenvalue weighted by Gasteiger charge is 2.61. The molecule has 0 saturated heterocycles. The van der Waals surface area contributed by atoms with Crippen molar-refractivity contribution in [2.75, 3.05) is 6.61 Å². The minimum atomic E-state index is -0.560. The molecule has 1 aromatic carbocycles. The van der Waals surface area contributed by atoms with Gasteiger partial charge < -0.3 is 14.8 Å². The van der Waals surface area contributed by atoms with Crippen LogP contribution in [0.25, 0.3) is 0 Å². The van der Waals surface area contributed by atoms with Gasteiger partial charge in [-0.3, -0.25) is 4.79 Å². The fraction of sp³-hybridized carbons (Fsp3) is 0.632. The highest BCUT2D eigenvalue weighted by atomic mass is 16.6. The van der Waals surface area contributed by atoms with E-state index in [1.54, 1.807) is 0 Å². The lowest BCUT2D eigenvalue weighted by Gasteiger charge is -2.40. The van der Waals surface area contributed by atoms with E-state index >= 15 is 0 Å². The van der Waals surface area contributed by atoms with Gasteiger partial charge >= 0.3 is 0 Å². The lowest BCUT2D eigenvalue weighted by Crippen LogP contribution is -2.52. The summed E-state index contributed by atoms with van der Waals surface area (Å²) in [6.07, 6.45) is 3.00. The van der Waals surface area contributed by atoms with Gasteiger partial charge in [-0.15, -0.1) is 0 Å². The fourth-order valence-corrected chi connectivity index (χ4v) is 4.84. The average Bonchev–Trinajstić information content (AvgIpc) is 2.87. The Morgan fingerprint density at radius 1 is 1.22 bits per heavy atom. The molecule has 2 bridgehead atoms. The molecule has 124 valence electrons. The second-order valence-electron chi connectivity index (χ2n) is 8.04. The van der Waals surface area contributed by atoms with E-state index in [9.17, 15) is 4.79 Å². The van der Waals surface area contributed by atoms with Gasteiger partial charge in [0, 0.05) is 6.04 Å². The third-order valence-corrected chi connectivity index (χ3v) is 6.91. The Morgan fingerprint density at radius 2 is 1.96 bits per heavy atom. The van der Waals surface area contributed by atoms with E-state index in [4.69, 9.17) is 9.47 Å². The highest BCUT2D eigenvalue weighted by molar-refractivity contribution is 5.82. The first-order valence-electron chi connectivity index (χ1n) is 8.61. The number of amides is 1. The first kappa shape index (κ1) is 14.9. The average molecular weight is 315 g/mol. The summed E-state index contributed by atoms with van der Waals surface area (Å²) in [6, 6.07) is 7.74. The monoisotopic (exact) mass is 315 g/mol. The maximum Gasteiger partial charge on any atom is 0.264 e. The van der Waals surface area contributed by atoms with Crippen molar-refractivity contribution in [1.82, 2.24) is 5.32 Å². The molecule has 1 aliphatic heterocycles. The maximum atomic E-state index is 12.7. The molecular weight excluding hydrogens is 290 g/mol. The number of fused-ring (bicyclic) bond motifs is 3. The lowest BCUT2D eigenvalue weighted by molar-refractivity contribution is -0.132. The summed E-state index contributed by atoms with van der Waals surface area (Å²) >= 11 is 0.